The summed E-state index contributed by atoms with van der Waals surface area (Å²) in [5.41, 5.74) is 3.24. The van der Waals surface area contributed by atoms with E-state index in [0.717, 1.165) is 22.3 Å². The number of allylic oxidation sites excluding steroid dienone is 1. The SMILES string of the molecule is COc1cc(OC)c2c(c1)C(C)(C)C(c1ccc(OC)c(OC)c1)CC2=CC(=O)O. The topological polar surface area (TPSA) is 74.2 Å². The van der Waals surface area contributed by atoms with Gasteiger partial charge >= 0.3 is 5.97 Å². The van der Waals surface area contributed by atoms with Gasteiger partial charge in [-0.3, -0.25) is 0 Å². The quantitative estimate of drug-likeness (QED) is 0.696. The van der Waals surface area contributed by atoms with Crippen molar-refractivity contribution >= 4 is 11.5 Å². The first-order chi connectivity index (χ1) is 14.3. The van der Waals surface area contributed by atoms with E-state index in [1.54, 1.807) is 34.5 Å². The number of hydrogen-bond acceptors (Lipinski definition) is 5. The third-order valence-corrected chi connectivity index (χ3v) is 5.95. The Bertz CT molecular complexity index is 989. The largest absolute Gasteiger partial charge is 0.497 e. The molecule has 30 heavy (non-hydrogen) atoms. The summed E-state index contributed by atoms with van der Waals surface area (Å²) in [5.74, 6) is 1.59. The van der Waals surface area contributed by atoms with E-state index < -0.39 is 5.97 Å². The fourth-order valence-corrected chi connectivity index (χ4v) is 4.36. The predicted molar refractivity (Wildman–Crippen MR) is 115 cm³/mol. The average Bonchev–Trinajstić information content (AvgIpc) is 2.73. The molecule has 0 spiro atoms. The van der Waals surface area contributed by atoms with Gasteiger partial charge in [-0.25, -0.2) is 4.79 Å². The molecule has 0 aromatic heterocycles. The van der Waals surface area contributed by atoms with Crippen LogP contribution in [0.25, 0.3) is 5.57 Å². The van der Waals surface area contributed by atoms with Gasteiger partial charge in [-0.1, -0.05) is 19.9 Å². The molecule has 0 bridgehead atoms. The van der Waals surface area contributed by atoms with Gasteiger partial charge in [0.1, 0.15) is 11.5 Å². The summed E-state index contributed by atoms with van der Waals surface area (Å²) in [6.07, 6.45) is 1.82. The van der Waals surface area contributed by atoms with Crippen LogP contribution in [0.2, 0.25) is 0 Å². The lowest BCUT2D eigenvalue weighted by Crippen LogP contribution is -2.32. The highest BCUT2D eigenvalue weighted by molar-refractivity contribution is 5.93. The molecule has 1 unspecified atom stereocenters. The van der Waals surface area contributed by atoms with E-state index in [2.05, 4.69) is 13.8 Å². The minimum Gasteiger partial charge on any atom is -0.497 e. The van der Waals surface area contributed by atoms with Crippen molar-refractivity contribution in [1.29, 1.82) is 0 Å². The van der Waals surface area contributed by atoms with E-state index >= 15 is 0 Å². The summed E-state index contributed by atoms with van der Waals surface area (Å²) in [6.45, 7) is 4.31. The summed E-state index contributed by atoms with van der Waals surface area (Å²) in [7, 11) is 6.40. The van der Waals surface area contributed by atoms with Crippen LogP contribution in [0.15, 0.2) is 36.4 Å². The number of hydrogen-bond donors (Lipinski definition) is 1. The Balaban J connectivity index is 2.26. The standard InChI is InChI=1S/C24H28O6/c1-24(2)17(14-7-8-19(28-4)20(10-14)29-5)9-15(11-22(25)26)23-18(24)12-16(27-3)13-21(23)30-6/h7-8,10-13,17H,9H2,1-6H3,(H,25,26). The maximum Gasteiger partial charge on any atom is 0.328 e. The molecule has 0 radical (unpaired) electrons. The molecule has 2 aromatic rings. The van der Waals surface area contributed by atoms with Gasteiger partial charge < -0.3 is 24.1 Å². The first-order valence-corrected chi connectivity index (χ1v) is 9.69. The highest BCUT2D eigenvalue weighted by Gasteiger charge is 2.41. The van der Waals surface area contributed by atoms with Gasteiger partial charge in [0.25, 0.3) is 0 Å². The van der Waals surface area contributed by atoms with Crippen molar-refractivity contribution < 1.29 is 28.8 Å². The molecule has 1 N–H and O–H groups in total. The van der Waals surface area contributed by atoms with Gasteiger partial charge in [-0.2, -0.15) is 0 Å². The molecule has 0 heterocycles. The second-order valence-corrected chi connectivity index (χ2v) is 7.85. The van der Waals surface area contributed by atoms with Crippen molar-refractivity contribution in [1.82, 2.24) is 0 Å². The monoisotopic (exact) mass is 412 g/mol. The Morgan fingerprint density at radius 1 is 0.967 bits per heavy atom. The average molecular weight is 412 g/mol. The predicted octanol–water partition coefficient (Wildman–Crippen LogP) is 4.65. The highest BCUT2D eigenvalue weighted by atomic mass is 16.5. The number of carbonyl (C=O) groups is 1. The van der Waals surface area contributed by atoms with Crippen molar-refractivity contribution in [3.63, 3.8) is 0 Å². The zero-order valence-electron chi connectivity index (χ0n) is 18.2. The third-order valence-electron chi connectivity index (χ3n) is 5.95. The highest BCUT2D eigenvalue weighted by Crippen LogP contribution is 2.54. The van der Waals surface area contributed by atoms with E-state index in [-0.39, 0.29) is 11.3 Å². The van der Waals surface area contributed by atoms with Gasteiger partial charge in [-0.05, 0) is 52.7 Å². The molecule has 1 atom stereocenters. The number of benzene rings is 2. The molecule has 0 saturated carbocycles. The van der Waals surface area contributed by atoms with Crippen LogP contribution in [-0.2, 0) is 10.2 Å². The van der Waals surface area contributed by atoms with E-state index in [0.29, 0.717) is 29.4 Å². The number of rotatable bonds is 6. The Labute approximate surface area is 177 Å². The number of carboxylic acids is 1. The molecule has 0 saturated heterocycles. The van der Waals surface area contributed by atoms with Crippen LogP contribution in [0.5, 0.6) is 23.0 Å². The van der Waals surface area contributed by atoms with E-state index in [1.165, 1.54) is 6.08 Å². The Morgan fingerprint density at radius 3 is 2.20 bits per heavy atom. The zero-order chi connectivity index (χ0) is 22.1. The number of ether oxygens (including phenoxy) is 4. The third kappa shape index (κ3) is 3.70. The summed E-state index contributed by atoms with van der Waals surface area (Å²) >= 11 is 0. The number of methoxy groups -OCH3 is 4. The molecule has 1 aliphatic carbocycles. The molecular formula is C24H28O6. The van der Waals surface area contributed by atoms with Crippen molar-refractivity contribution in [2.45, 2.75) is 31.6 Å². The van der Waals surface area contributed by atoms with Crippen LogP contribution in [0, 0.1) is 0 Å². The Hall–Kier alpha value is -3.15. The van der Waals surface area contributed by atoms with Crippen LogP contribution in [-0.4, -0.2) is 39.5 Å². The molecule has 2 aromatic carbocycles. The molecule has 1 aliphatic rings. The summed E-state index contributed by atoms with van der Waals surface area (Å²) in [5, 5.41) is 9.51. The lowest BCUT2D eigenvalue weighted by atomic mass is 9.61. The van der Waals surface area contributed by atoms with Crippen molar-refractivity contribution in [3.8, 4) is 23.0 Å². The van der Waals surface area contributed by atoms with Gasteiger partial charge in [0.15, 0.2) is 11.5 Å². The first-order valence-electron chi connectivity index (χ1n) is 9.69. The number of carboxylic acid groups (broad SMARTS) is 1. The molecule has 0 amide bonds. The fraction of sp³-hybridized carbons (Fsp3) is 0.375. The number of aliphatic carboxylic acids is 1. The Morgan fingerprint density at radius 2 is 1.63 bits per heavy atom. The van der Waals surface area contributed by atoms with Crippen LogP contribution < -0.4 is 18.9 Å². The number of fused-ring (bicyclic) bond motifs is 1. The van der Waals surface area contributed by atoms with E-state index in [9.17, 15) is 9.90 Å². The first kappa shape index (κ1) is 21.6. The maximum atomic E-state index is 11.6. The van der Waals surface area contributed by atoms with Crippen LogP contribution in [0.3, 0.4) is 0 Å². The van der Waals surface area contributed by atoms with E-state index in [4.69, 9.17) is 18.9 Å². The van der Waals surface area contributed by atoms with E-state index in [1.807, 2.05) is 24.3 Å². The molecule has 160 valence electrons. The van der Waals surface area contributed by atoms with Crippen molar-refractivity contribution in [2.24, 2.45) is 0 Å². The molecule has 6 heteroatoms. The molecule has 0 aliphatic heterocycles. The molecule has 0 fully saturated rings. The van der Waals surface area contributed by atoms with Crippen molar-refractivity contribution in [2.75, 3.05) is 28.4 Å². The van der Waals surface area contributed by atoms with Gasteiger partial charge in [0.05, 0.1) is 28.4 Å². The van der Waals surface area contributed by atoms with Gasteiger partial charge in [0.2, 0.25) is 0 Å². The lowest BCUT2D eigenvalue weighted by Gasteiger charge is -2.42. The lowest BCUT2D eigenvalue weighted by molar-refractivity contribution is -0.131. The molecule has 3 rings (SSSR count). The van der Waals surface area contributed by atoms with Crippen LogP contribution in [0.4, 0.5) is 0 Å². The summed E-state index contributed by atoms with van der Waals surface area (Å²) < 4.78 is 22.0. The van der Waals surface area contributed by atoms with Crippen LogP contribution >= 0.6 is 0 Å². The Kier molecular flexibility index (Phi) is 5.97. The fourth-order valence-electron chi connectivity index (χ4n) is 4.36. The van der Waals surface area contributed by atoms with Gasteiger partial charge in [-0.15, -0.1) is 0 Å². The van der Waals surface area contributed by atoms with Gasteiger partial charge in [0, 0.05) is 17.7 Å². The smallest absolute Gasteiger partial charge is 0.328 e. The molecular weight excluding hydrogens is 384 g/mol. The maximum absolute atomic E-state index is 11.6. The molecule has 6 nitrogen and oxygen atoms in total. The minimum atomic E-state index is -0.986. The second kappa shape index (κ2) is 8.30. The summed E-state index contributed by atoms with van der Waals surface area (Å²) in [6, 6.07) is 9.62. The normalized spacial score (nSPS) is 18.5. The second-order valence-electron chi connectivity index (χ2n) is 7.85. The van der Waals surface area contributed by atoms with Crippen LogP contribution in [0.1, 0.15) is 42.9 Å². The minimum absolute atomic E-state index is 0.00668. The van der Waals surface area contributed by atoms with Crippen molar-refractivity contribution in [3.05, 3.63) is 53.1 Å². The zero-order valence-corrected chi connectivity index (χ0v) is 18.2. The summed E-state index contributed by atoms with van der Waals surface area (Å²) in [4.78, 5) is 11.6.